The third-order valence-corrected chi connectivity index (χ3v) is 3.61. The lowest BCUT2D eigenvalue weighted by molar-refractivity contribution is 0.354. The highest BCUT2D eigenvalue weighted by Gasteiger charge is 2.06. The molecular formula is C18H23NO2. The second-order valence-corrected chi connectivity index (χ2v) is 5.03. The summed E-state index contributed by atoms with van der Waals surface area (Å²) in [6.07, 6.45) is 0.956. The number of nitrogens with one attached hydrogen (secondary N) is 1. The standard InChI is InChI=1S/C18H23NO2/c1-14(16-7-5-4-6-8-16)19-12-11-15-9-10-17(20-2)18(13-15)21-3/h4-10,13-14,19H,11-12H2,1-3H3/t14-/m0/s1. The zero-order chi connectivity index (χ0) is 15.1. The van der Waals surface area contributed by atoms with E-state index in [4.69, 9.17) is 9.47 Å². The first-order valence-corrected chi connectivity index (χ1v) is 7.24. The molecule has 0 amide bonds. The topological polar surface area (TPSA) is 30.5 Å². The van der Waals surface area contributed by atoms with Crippen molar-refractivity contribution in [3.05, 3.63) is 59.7 Å². The van der Waals surface area contributed by atoms with Crippen LogP contribution in [0.15, 0.2) is 48.5 Å². The van der Waals surface area contributed by atoms with E-state index in [1.807, 2.05) is 18.2 Å². The molecule has 3 heteroatoms. The highest BCUT2D eigenvalue weighted by molar-refractivity contribution is 5.42. The fraction of sp³-hybridized carbons (Fsp3) is 0.333. The Hall–Kier alpha value is -2.00. The van der Waals surface area contributed by atoms with Gasteiger partial charge in [0.25, 0.3) is 0 Å². The lowest BCUT2D eigenvalue weighted by atomic mass is 10.1. The average Bonchev–Trinajstić information content (AvgIpc) is 2.55. The molecule has 2 rings (SSSR count). The summed E-state index contributed by atoms with van der Waals surface area (Å²) in [6, 6.07) is 16.9. The summed E-state index contributed by atoms with van der Waals surface area (Å²) in [4.78, 5) is 0. The van der Waals surface area contributed by atoms with E-state index >= 15 is 0 Å². The molecular weight excluding hydrogens is 262 g/mol. The van der Waals surface area contributed by atoms with E-state index in [0.717, 1.165) is 24.5 Å². The molecule has 1 atom stereocenters. The molecule has 0 saturated heterocycles. The fourth-order valence-corrected chi connectivity index (χ4v) is 2.33. The van der Waals surface area contributed by atoms with E-state index in [0.29, 0.717) is 6.04 Å². The lowest BCUT2D eigenvalue weighted by Gasteiger charge is -2.14. The highest BCUT2D eigenvalue weighted by Crippen LogP contribution is 2.27. The van der Waals surface area contributed by atoms with Crippen LogP contribution >= 0.6 is 0 Å². The molecule has 0 aliphatic rings. The fourth-order valence-electron chi connectivity index (χ4n) is 2.33. The average molecular weight is 285 g/mol. The molecule has 0 fully saturated rings. The molecule has 0 saturated carbocycles. The van der Waals surface area contributed by atoms with Gasteiger partial charge in [-0.25, -0.2) is 0 Å². The maximum atomic E-state index is 5.33. The number of rotatable bonds is 7. The molecule has 2 aromatic rings. The van der Waals surface area contributed by atoms with Crippen molar-refractivity contribution in [1.29, 1.82) is 0 Å². The predicted octanol–water partition coefficient (Wildman–Crippen LogP) is 3.60. The van der Waals surface area contributed by atoms with E-state index in [-0.39, 0.29) is 0 Å². The number of ether oxygens (including phenoxy) is 2. The van der Waals surface area contributed by atoms with Crippen molar-refractivity contribution in [2.75, 3.05) is 20.8 Å². The number of benzene rings is 2. The van der Waals surface area contributed by atoms with Gasteiger partial charge in [0, 0.05) is 6.04 Å². The second kappa shape index (κ2) is 7.70. The van der Waals surface area contributed by atoms with Crippen molar-refractivity contribution in [3.63, 3.8) is 0 Å². The quantitative estimate of drug-likeness (QED) is 0.843. The van der Waals surface area contributed by atoms with Gasteiger partial charge < -0.3 is 14.8 Å². The first-order chi connectivity index (χ1) is 10.2. The van der Waals surface area contributed by atoms with Gasteiger partial charge in [0.2, 0.25) is 0 Å². The minimum Gasteiger partial charge on any atom is -0.493 e. The van der Waals surface area contributed by atoms with Gasteiger partial charge in [-0.15, -0.1) is 0 Å². The second-order valence-electron chi connectivity index (χ2n) is 5.03. The minimum atomic E-state index is 0.353. The van der Waals surface area contributed by atoms with Crippen LogP contribution in [0.25, 0.3) is 0 Å². The van der Waals surface area contributed by atoms with Gasteiger partial charge in [-0.1, -0.05) is 36.4 Å². The number of hydrogen-bond donors (Lipinski definition) is 1. The van der Waals surface area contributed by atoms with Gasteiger partial charge in [-0.3, -0.25) is 0 Å². The van der Waals surface area contributed by atoms with Crippen LogP contribution in [-0.4, -0.2) is 20.8 Å². The molecule has 0 aromatic heterocycles. The van der Waals surface area contributed by atoms with Crippen LogP contribution in [0.4, 0.5) is 0 Å². The Morgan fingerprint density at radius 2 is 1.67 bits per heavy atom. The summed E-state index contributed by atoms with van der Waals surface area (Å²) in [5, 5.41) is 3.54. The first kappa shape index (κ1) is 15.4. The van der Waals surface area contributed by atoms with E-state index in [9.17, 15) is 0 Å². The Balaban J connectivity index is 1.89. The molecule has 112 valence electrons. The Kier molecular flexibility index (Phi) is 5.64. The van der Waals surface area contributed by atoms with Crippen molar-refractivity contribution >= 4 is 0 Å². The molecule has 2 aromatic carbocycles. The minimum absolute atomic E-state index is 0.353. The molecule has 0 bridgehead atoms. The normalized spacial score (nSPS) is 12.0. The van der Waals surface area contributed by atoms with Gasteiger partial charge in [0.1, 0.15) is 0 Å². The van der Waals surface area contributed by atoms with Crippen molar-refractivity contribution in [3.8, 4) is 11.5 Å². The molecule has 0 aliphatic heterocycles. The first-order valence-electron chi connectivity index (χ1n) is 7.24. The lowest BCUT2D eigenvalue weighted by Crippen LogP contribution is -2.21. The number of methoxy groups -OCH3 is 2. The molecule has 0 radical (unpaired) electrons. The van der Waals surface area contributed by atoms with Gasteiger partial charge >= 0.3 is 0 Å². The van der Waals surface area contributed by atoms with Crippen molar-refractivity contribution in [2.24, 2.45) is 0 Å². The maximum Gasteiger partial charge on any atom is 0.160 e. The van der Waals surface area contributed by atoms with Crippen LogP contribution in [0.2, 0.25) is 0 Å². The molecule has 3 nitrogen and oxygen atoms in total. The van der Waals surface area contributed by atoms with Gasteiger partial charge in [-0.05, 0) is 43.1 Å². The van der Waals surface area contributed by atoms with Gasteiger partial charge in [0.15, 0.2) is 11.5 Å². The molecule has 0 unspecified atom stereocenters. The maximum absolute atomic E-state index is 5.33. The Bertz CT molecular complexity index is 554. The van der Waals surface area contributed by atoms with Crippen LogP contribution < -0.4 is 14.8 Å². The molecule has 0 heterocycles. The molecule has 0 spiro atoms. The van der Waals surface area contributed by atoms with Crippen LogP contribution in [0, 0.1) is 0 Å². The molecule has 21 heavy (non-hydrogen) atoms. The van der Waals surface area contributed by atoms with E-state index in [1.165, 1.54) is 11.1 Å². The summed E-state index contributed by atoms with van der Waals surface area (Å²) in [6.45, 7) is 3.11. The third kappa shape index (κ3) is 4.23. The van der Waals surface area contributed by atoms with Crippen LogP contribution in [-0.2, 0) is 6.42 Å². The summed E-state index contributed by atoms with van der Waals surface area (Å²) >= 11 is 0. The van der Waals surface area contributed by atoms with Crippen LogP contribution in [0.3, 0.4) is 0 Å². The molecule has 0 aliphatic carbocycles. The van der Waals surface area contributed by atoms with E-state index < -0.39 is 0 Å². The summed E-state index contributed by atoms with van der Waals surface area (Å²) in [5.74, 6) is 1.55. The zero-order valence-corrected chi connectivity index (χ0v) is 12.9. The highest BCUT2D eigenvalue weighted by atomic mass is 16.5. The van der Waals surface area contributed by atoms with Gasteiger partial charge in [-0.2, -0.15) is 0 Å². The summed E-state index contributed by atoms with van der Waals surface area (Å²) in [7, 11) is 3.32. The van der Waals surface area contributed by atoms with Gasteiger partial charge in [0.05, 0.1) is 14.2 Å². The number of hydrogen-bond acceptors (Lipinski definition) is 3. The van der Waals surface area contributed by atoms with Crippen molar-refractivity contribution in [2.45, 2.75) is 19.4 Å². The zero-order valence-electron chi connectivity index (χ0n) is 12.9. The Morgan fingerprint density at radius 1 is 0.952 bits per heavy atom. The van der Waals surface area contributed by atoms with Crippen molar-refractivity contribution in [1.82, 2.24) is 5.32 Å². The van der Waals surface area contributed by atoms with E-state index in [1.54, 1.807) is 14.2 Å². The van der Waals surface area contributed by atoms with Crippen LogP contribution in [0.5, 0.6) is 11.5 Å². The largest absolute Gasteiger partial charge is 0.493 e. The summed E-state index contributed by atoms with van der Waals surface area (Å²) < 4.78 is 10.6. The van der Waals surface area contributed by atoms with E-state index in [2.05, 4.69) is 42.6 Å². The monoisotopic (exact) mass is 285 g/mol. The SMILES string of the molecule is COc1ccc(CCN[C@@H](C)c2ccccc2)cc1OC. The van der Waals surface area contributed by atoms with Crippen molar-refractivity contribution < 1.29 is 9.47 Å². The third-order valence-electron chi connectivity index (χ3n) is 3.61. The summed E-state index contributed by atoms with van der Waals surface area (Å²) in [5.41, 5.74) is 2.55. The smallest absolute Gasteiger partial charge is 0.160 e. The predicted molar refractivity (Wildman–Crippen MR) is 86.1 cm³/mol. The van der Waals surface area contributed by atoms with Crippen LogP contribution in [0.1, 0.15) is 24.1 Å². The molecule has 1 N–H and O–H groups in total. The Labute approximate surface area is 126 Å². The Morgan fingerprint density at radius 3 is 2.33 bits per heavy atom.